The molecule has 1 heterocycles. The van der Waals surface area contributed by atoms with Crippen molar-refractivity contribution >= 4 is 11.8 Å². The summed E-state index contributed by atoms with van der Waals surface area (Å²) in [6, 6.07) is -0.343. The smallest absolute Gasteiger partial charge is 0.242 e. The molecule has 1 aliphatic heterocycles. The molecule has 1 saturated heterocycles. The van der Waals surface area contributed by atoms with Gasteiger partial charge in [0.2, 0.25) is 11.8 Å². The van der Waals surface area contributed by atoms with Gasteiger partial charge in [0.25, 0.3) is 0 Å². The summed E-state index contributed by atoms with van der Waals surface area (Å²) in [5, 5.41) is 5.19. The summed E-state index contributed by atoms with van der Waals surface area (Å²) in [5.41, 5.74) is 5.20. The van der Waals surface area contributed by atoms with Crippen molar-refractivity contribution in [2.24, 2.45) is 5.73 Å². The zero-order chi connectivity index (χ0) is 8.97. The fraction of sp³-hybridized carbons (Fsp3) is 0.714. The van der Waals surface area contributed by atoms with Gasteiger partial charge in [-0.3, -0.25) is 9.59 Å². The third kappa shape index (κ3) is 2.20. The average Bonchev–Trinajstić information content (AvgIpc) is 2.47. The van der Waals surface area contributed by atoms with Gasteiger partial charge in [-0.25, -0.2) is 0 Å². The third-order valence-electron chi connectivity index (χ3n) is 1.76. The molecule has 0 radical (unpaired) electrons. The van der Waals surface area contributed by atoms with Gasteiger partial charge in [-0.15, -0.1) is 0 Å². The molecule has 0 bridgehead atoms. The Morgan fingerprint density at radius 3 is 3.00 bits per heavy atom. The molecule has 0 aromatic heterocycles. The van der Waals surface area contributed by atoms with Crippen LogP contribution in [0.5, 0.6) is 0 Å². The van der Waals surface area contributed by atoms with Crippen LogP contribution < -0.4 is 16.4 Å². The number of nitrogens with two attached hydrogens (primary N) is 1. The van der Waals surface area contributed by atoms with E-state index in [9.17, 15) is 9.59 Å². The number of carbonyl (C=O) groups excluding carboxylic acids is 2. The van der Waals surface area contributed by atoms with Crippen molar-refractivity contribution in [3.63, 3.8) is 0 Å². The molecular formula is C7H13N3O2. The Kier molecular flexibility index (Phi) is 3.04. The first-order valence-corrected chi connectivity index (χ1v) is 4.01. The van der Waals surface area contributed by atoms with Crippen molar-refractivity contribution in [2.45, 2.75) is 18.9 Å². The van der Waals surface area contributed by atoms with E-state index >= 15 is 0 Å². The van der Waals surface area contributed by atoms with E-state index in [1.54, 1.807) is 0 Å². The molecule has 2 amide bonds. The molecule has 0 aliphatic carbocycles. The summed E-state index contributed by atoms with van der Waals surface area (Å²) in [6.45, 7) is 0.887. The van der Waals surface area contributed by atoms with E-state index in [4.69, 9.17) is 5.73 Å². The van der Waals surface area contributed by atoms with Gasteiger partial charge in [0.05, 0.1) is 0 Å². The SMILES string of the molecule is NCCNC(=O)[C@H]1CCC(=O)N1. The first-order valence-electron chi connectivity index (χ1n) is 4.01. The summed E-state index contributed by atoms with van der Waals surface area (Å²) in [5.74, 6) is -0.186. The molecule has 1 fully saturated rings. The molecule has 68 valence electrons. The maximum atomic E-state index is 11.2. The zero-order valence-electron chi connectivity index (χ0n) is 6.80. The molecule has 1 atom stereocenters. The minimum absolute atomic E-state index is 0.0529. The molecule has 12 heavy (non-hydrogen) atoms. The van der Waals surface area contributed by atoms with Crippen molar-refractivity contribution < 1.29 is 9.59 Å². The summed E-state index contributed by atoms with van der Waals surface area (Å²) in [6.07, 6.45) is 1.04. The second kappa shape index (κ2) is 4.06. The van der Waals surface area contributed by atoms with E-state index < -0.39 is 0 Å². The monoisotopic (exact) mass is 171 g/mol. The predicted octanol–water partition coefficient (Wildman–Crippen LogP) is -1.66. The number of hydrogen-bond acceptors (Lipinski definition) is 3. The average molecular weight is 171 g/mol. The zero-order valence-corrected chi connectivity index (χ0v) is 6.80. The quantitative estimate of drug-likeness (QED) is 0.475. The number of rotatable bonds is 3. The van der Waals surface area contributed by atoms with Crippen LogP contribution in [0.15, 0.2) is 0 Å². The molecule has 5 nitrogen and oxygen atoms in total. The Labute approximate surface area is 70.7 Å². The number of nitrogens with one attached hydrogen (secondary N) is 2. The first kappa shape index (κ1) is 8.99. The molecule has 5 heteroatoms. The van der Waals surface area contributed by atoms with E-state index in [0.29, 0.717) is 25.9 Å². The number of amides is 2. The fourth-order valence-corrected chi connectivity index (χ4v) is 1.13. The Bertz CT molecular complexity index is 193. The van der Waals surface area contributed by atoms with Gasteiger partial charge in [0, 0.05) is 19.5 Å². The van der Waals surface area contributed by atoms with E-state index in [1.807, 2.05) is 0 Å². The van der Waals surface area contributed by atoms with Gasteiger partial charge in [-0.05, 0) is 6.42 Å². The van der Waals surface area contributed by atoms with Gasteiger partial charge in [0.1, 0.15) is 6.04 Å². The lowest BCUT2D eigenvalue weighted by molar-refractivity contribution is -0.125. The van der Waals surface area contributed by atoms with E-state index in [-0.39, 0.29) is 17.9 Å². The Morgan fingerprint density at radius 2 is 2.50 bits per heavy atom. The normalized spacial score (nSPS) is 22.1. The molecule has 1 rings (SSSR count). The number of hydrogen-bond donors (Lipinski definition) is 3. The molecule has 0 unspecified atom stereocenters. The second-order valence-corrected chi connectivity index (χ2v) is 2.74. The molecule has 1 aliphatic rings. The number of carbonyl (C=O) groups is 2. The van der Waals surface area contributed by atoms with Gasteiger partial charge in [-0.1, -0.05) is 0 Å². The lowest BCUT2D eigenvalue weighted by Gasteiger charge is -2.09. The van der Waals surface area contributed by atoms with E-state index in [1.165, 1.54) is 0 Å². The topological polar surface area (TPSA) is 84.2 Å². The predicted molar refractivity (Wildman–Crippen MR) is 43.2 cm³/mol. The van der Waals surface area contributed by atoms with Gasteiger partial charge >= 0.3 is 0 Å². The van der Waals surface area contributed by atoms with Crippen LogP contribution in [-0.2, 0) is 9.59 Å². The molecule has 0 aromatic rings. The van der Waals surface area contributed by atoms with Crippen molar-refractivity contribution in [1.29, 1.82) is 0 Å². The maximum absolute atomic E-state index is 11.2. The second-order valence-electron chi connectivity index (χ2n) is 2.74. The van der Waals surface area contributed by atoms with E-state index in [0.717, 1.165) is 0 Å². The molecule has 0 aromatic carbocycles. The highest BCUT2D eigenvalue weighted by Crippen LogP contribution is 2.05. The Morgan fingerprint density at radius 1 is 1.75 bits per heavy atom. The maximum Gasteiger partial charge on any atom is 0.242 e. The fourth-order valence-electron chi connectivity index (χ4n) is 1.13. The molecular weight excluding hydrogens is 158 g/mol. The Balaban J connectivity index is 2.28. The van der Waals surface area contributed by atoms with Gasteiger partial charge in [-0.2, -0.15) is 0 Å². The van der Waals surface area contributed by atoms with Crippen molar-refractivity contribution in [3.8, 4) is 0 Å². The summed E-state index contributed by atoms with van der Waals surface area (Å²) in [4.78, 5) is 21.9. The Hall–Kier alpha value is -1.10. The molecule has 4 N–H and O–H groups in total. The third-order valence-corrected chi connectivity index (χ3v) is 1.76. The van der Waals surface area contributed by atoms with Crippen LogP contribution in [0.2, 0.25) is 0 Å². The van der Waals surface area contributed by atoms with Crippen molar-refractivity contribution in [3.05, 3.63) is 0 Å². The minimum atomic E-state index is -0.343. The van der Waals surface area contributed by atoms with Crippen LogP contribution >= 0.6 is 0 Å². The van der Waals surface area contributed by atoms with Gasteiger partial charge in [0.15, 0.2) is 0 Å². The standard InChI is InChI=1S/C7H13N3O2/c8-3-4-9-7(12)5-1-2-6(11)10-5/h5H,1-4,8H2,(H,9,12)(H,10,11)/t5-/m1/s1. The van der Waals surface area contributed by atoms with Crippen LogP contribution in [-0.4, -0.2) is 30.9 Å². The van der Waals surface area contributed by atoms with E-state index in [2.05, 4.69) is 10.6 Å². The van der Waals surface area contributed by atoms with Gasteiger partial charge < -0.3 is 16.4 Å². The van der Waals surface area contributed by atoms with Crippen LogP contribution in [0, 0.1) is 0 Å². The first-order chi connectivity index (χ1) is 5.74. The lowest BCUT2D eigenvalue weighted by atomic mass is 10.2. The highest BCUT2D eigenvalue weighted by molar-refractivity contribution is 5.90. The molecule has 0 spiro atoms. The van der Waals surface area contributed by atoms with Crippen LogP contribution in [0.4, 0.5) is 0 Å². The van der Waals surface area contributed by atoms with Crippen LogP contribution in [0.3, 0.4) is 0 Å². The summed E-state index contributed by atoms with van der Waals surface area (Å²) >= 11 is 0. The minimum Gasteiger partial charge on any atom is -0.353 e. The molecule has 0 saturated carbocycles. The highest BCUT2D eigenvalue weighted by Gasteiger charge is 2.26. The summed E-state index contributed by atoms with van der Waals surface area (Å²) < 4.78 is 0. The van der Waals surface area contributed by atoms with Crippen LogP contribution in [0.1, 0.15) is 12.8 Å². The highest BCUT2D eigenvalue weighted by atomic mass is 16.2. The largest absolute Gasteiger partial charge is 0.353 e. The summed E-state index contributed by atoms with van der Waals surface area (Å²) in [7, 11) is 0. The van der Waals surface area contributed by atoms with Crippen LogP contribution in [0.25, 0.3) is 0 Å². The van der Waals surface area contributed by atoms with Crippen molar-refractivity contribution in [1.82, 2.24) is 10.6 Å². The lowest BCUT2D eigenvalue weighted by Crippen LogP contribution is -2.43. The van der Waals surface area contributed by atoms with Crippen molar-refractivity contribution in [2.75, 3.05) is 13.1 Å².